The lowest BCUT2D eigenvalue weighted by Gasteiger charge is -2.33. The van der Waals surface area contributed by atoms with Gasteiger partial charge in [0.2, 0.25) is 0 Å². The van der Waals surface area contributed by atoms with Crippen molar-refractivity contribution >= 4 is 29.9 Å². The maximum Gasteiger partial charge on any atom is 0.191 e. The van der Waals surface area contributed by atoms with Gasteiger partial charge in [-0.2, -0.15) is 0 Å². The van der Waals surface area contributed by atoms with Gasteiger partial charge in [-0.15, -0.1) is 24.0 Å². The Hall–Kier alpha value is -0.820. The number of aliphatic imine (C=N–C) groups is 1. The molecule has 1 heterocycles. The number of nitrogens with one attached hydrogen (secondary N) is 2. The monoisotopic (exact) mass is 456 g/mol. The van der Waals surface area contributed by atoms with Crippen molar-refractivity contribution in [3.8, 4) is 0 Å². The zero-order chi connectivity index (χ0) is 16.9. The average molecular weight is 456 g/mol. The molecule has 25 heavy (non-hydrogen) atoms. The molecule has 1 saturated carbocycles. The predicted octanol–water partition coefficient (Wildman–Crippen LogP) is 3.75. The van der Waals surface area contributed by atoms with Crippen LogP contribution in [0.5, 0.6) is 0 Å². The van der Waals surface area contributed by atoms with Crippen LogP contribution in [0.25, 0.3) is 0 Å². The van der Waals surface area contributed by atoms with Crippen molar-refractivity contribution in [2.75, 3.05) is 13.6 Å². The Morgan fingerprint density at radius 3 is 2.44 bits per heavy atom. The molecule has 2 N–H and O–H groups in total. The summed E-state index contributed by atoms with van der Waals surface area (Å²) in [4.78, 5) is 6.92. The molecular formula is C20H33IN4. The molecule has 0 bridgehead atoms. The molecule has 3 unspecified atom stereocenters. The highest BCUT2D eigenvalue weighted by Crippen LogP contribution is 2.28. The van der Waals surface area contributed by atoms with Crippen LogP contribution in [-0.4, -0.2) is 36.5 Å². The molecule has 1 saturated heterocycles. The van der Waals surface area contributed by atoms with E-state index in [0.717, 1.165) is 31.0 Å². The summed E-state index contributed by atoms with van der Waals surface area (Å²) in [6, 6.07) is 10.4. The third kappa shape index (κ3) is 6.13. The van der Waals surface area contributed by atoms with E-state index in [4.69, 9.17) is 0 Å². The van der Waals surface area contributed by atoms with Crippen molar-refractivity contribution in [3.63, 3.8) is 0 Å². The van der Waals surface area contributed by atoms with Crippen LogP contribution in [0.4, 0.5) is 0 Å². The minimum atomic E-state index is 0. The van der Waals surface area contributed by atoms with E-state index in [-0.39, 0.29) is 24.0 Å². The van der Waals surface area contributed by atoms with E-state index in [1.165, 1.54) is 43.4 Å². The van der Waals surface area contributed by atoms with Crippen molar-refractivity contribution in [1.82, 2.24) is 15.5 Å². The van der Waals surface area contributed by atoms with Crippen molar-refractivity contribution in [2.24, 2.45) is 10.9 Å². The number of piperidine rings is 1. The second-order valence-corrected chi connectivity index (χ2v) is 7.52. The number of halogens is 1. The fourth-order valence-corrected chi connectivity index (χ4v) is 3.47. The van der Waals surface area contributed by atoms with Crippen LogP contribution in [0, 0.1) is 5.92 Å². The van der Waals surface area contributed by atoms with Gasteiger partial charge in [0.25, 0.3) is 0 Å². The molecule has 5 heteroatoms. The fourth-order valence-electron chi connectivity index (χ4n) is 3.47. The molecule has 140 valence electrons. The van der Waals surface area contributed by atoms with E-state index in [0.29, 0.717) is 6.04 Å². The fraction of sp³-hybridized carbons (Fsp3) is 0.650. The normalized spacial score (nSPS) is 26.7. The van der Waals surface area contributed by atoms with Crippen LogP contribution in [0.2, 0.25) is 0 Å². The second-order valence-electron chi connectivity index (χ2n) is 7.52. The SMILES string of the molecule is CN=C(NCc1ccc(CN2CCCCC2C)cc1)NC1CC1C.I. The van der Waals surface area contributed by atoms with Crippen molar-refractivity contribution in [2.45, 2.75) is 64.7 Å². The molecule has 3 rings (SSSR count). The summed E-state index contributed by atoms with van der Waals surface area (Å²) in [7, 11) is 1.84. The molecular weight excluding hydrogens is 423 g/mol. The van der Waals surface area contributed by atoms with Crippen LogP contribution in [-0.2, 0) is 13.1 Å². The van der Waals surface area contributed by atoms with Crippen LogP contribution >= 0.6 is 24.0 Å². The Morgan fingerprint density at radius 1 is 1.16 bits per heavy atom. The molecule has 1 aromatic rings. The molecule has 2 aliphatic rings. The minimum Gasteiger partial charge on any atom is -0.353 e. The maximum absolute atomic E-state index is 4.31. The van der Waals surface area contributed by atoms with Gasteiger partial charge in [-0.05, 0) is 49.8 Å². The number of hydrogen-bond donors (Lipinski definition) is 2. The van der Waals surface area contributed by atoms with Crippen LogP contribution < -0.4 is 10.6 Å². The number of nitrogens with zero attached hydrogens (tertiary/aromatic N) is 2. The topological polar surface area (TPSA) is 39.7 Å². The Balaban J connectivity index is 0.00000225. The van der Waals surface area contributed by atoms with E-state index in [2.05, 4.69) is 58.6 Å². The molecule has 1 aromatic carbocycles. The van der Waals surface area contributed by atoms with Crippen molar-refractivity contribution in [3.05, 3.63) is 35.4 Å². The van der Waals surface area contributed by atoms with Crippen molar-refractivity contribution in [1.29, 1.82) is 0 Å². The number of benzene rings is 1. The molecule has 1 aliphatic heterocycles. The van der Waals surface area contributed by atoms with Gasteiger partial charge in [0.1, 0.15) is 0 Å². The summed E-state index contributed by atoms with van der Waals surface area (Å²) in [5.74, 6) is 1.69. The Bertz CT molecular complexity index is 557. The number of rotatable bonds is 5. The minimum absolute atomic E-state index is 0. The number of hydrogen-bond acceptors (Lipinski definition) is 2. The highest BCUT2D eigenvalue weighted by Gasteiger charge is 2.33. The highest BCUT2D eigenvalue weighted by atomic mass is 127. The van der Waals surface area contributed by atoms with Crippen LogP contribution in [0.1, 0.15) is 50.7 Å². The Kier molecular flexibility index (Phi) is 8.00. The van der Waals surface area contributed by atoms with Gasteiger partial charge < -0.3 is 10.6 Å². The van der Waals surface area contributed by atoms with Crippen LogP contribution in [0.15, 0.2) is 29.3 Å². The highest BCUT2D eigenvalue weighted by molar-refractivity contribution is 14.0. The van der Waals surface area contributed by atoms with Gasteiger partial charge in [0.15, 0.2) is 5.96 Å². The van der Waals surface area contributed by atoms with Gasteiger partial charge in [-0.25, -0.2) is 0 Å². The smallest absolute Gasteiger partial charge is 0.191 e. The first kappa shape index (κ1) is 20.5. The molecule has 0 amide bonds. The van der Waals surface area contributed by atoms with Gasteiger partial charge in [0.05, 0.1) is 0 Å². The van der Waals surface area contributed by atoms with Gasteiger partial charge in [-0.3, -0.25) is 9.89 Å². The Labute approximate surface area is 169 Å². The average Bonchev–Trinajstić information content (AvgIpc) is 3.29. The summed E-state index contributed by atoms with van der Waals surface area (Å²) < 4.78 is 0. The van der Waals surface area contributed by atoms with E-state index in [1.54, 1.807) is 0 Å². The van der Waals surface area contributed by atoms with Crippen LogP contribution in [0.3, 0.4) is 0 Å². The number of likely N-dealkylation sites (tertiary alicyclic amines) is 1. The van der Waals surface area contributed by atoms with E-state index < -0.39 is 0 Å². The first-order chi connectivity index (χ1) is 11.7. The molecule has 4 nitrogen and oxygen atoms in total. The molecule has 0 aromatic heterocycles. The molecule has 1 aliphatic carbocycles. The molecule has 3 atom stereocenters. The quantitative estimate of drug-likeness (QED) is 0.403. The summed E-state index contributed by atoms with van der Waals surface area (Å²) >= 11 is 0. The third-order valence-corrected chi connectivity index (χ3v) is 5.46. The summed E-state index contributed by atoms with van der Waals surface area (Å²) in [5, 5.41) is 6.88. The lowest BCUT2D eigenvalue weighted by molar-refractivity contribution is 0.152. The van der Waals surface area contributed by atoms with E-state index in [9.17, 15) is 0 Å². The van der Waals surface area contributed by atoms with Gasteiger partial charge in [0, 0.05) is 32.2 Å². The predicted molar refractivity (Wildman–Crippen MR) is 116 cm³/mol. The van der Waals surface area contributed by atoms with Crippen molar-refractivity contribution < 1.29 is 0 Å². The van der Waals surface area contributed by atoms with E-state index >= 15 is 0 Å². The first-order valence-electron chi connectivity index (χ1n) is 9.44. The lowest BCUT2D eigenvalue weighted by Crippen LogP contribution is -2.38. The summed E-state index contributed by atoms with van der Waals surface area (Å²) in [5.41, 5.74) is 2.72. The largest absolute Gasteiger partial charge is 0.353 e. The first-order valence-corrected chi connectivity index (χ1v) is 9.44. The second kappa shape index (κ2) is 9.76. The molecule has 0 radical (unpaired) electrons. The maximum atomic E-state index is 4.31. The summed E-state index contributed by atoms with van der Waals surface area (Å²) in [6.45, 7) is 7.77. The molecule has 0 spiro atoms. The van der Waals surface area contributed by atoms with Gasteiger partial charge >= 0.3 is 0 Å². The zero-order valence-corrected chi connectivity index (χ0v) is 18.1. The third-order valence-electron chi connectivity index (χ3n) is 5.46. The molecule has 2 fully saturated rings. The lowest BCUT2D eigenvalue weighted by atomic mass is 10.0. The number of guanidine groups is 1. The summed E-state index contributed by atoms with van der Waals surface area (Å²) in [6.07, 6.45) is 5.33. The standard InChI is InChI=1S/C20H32N4.HI/c1-15-12-19(15)23-20(21-3)22-13-17-7-9-18(10-8-17)14-24-11-5-4-6-16(24)2;/h7-10,15-16,19H,4-6,11-14H2,1-3H3,(H2,21,22,23);1H. The van der Waals surface area contributed by atoms with E-state index in [1.807, 2.05) is 7.05 Å². The van der Waals surface area contributed by atoms with Gasteiger partial charge in [-0.1, -0.05) is 37.6 Å². The Morgan fingerprint density at radius 2 is 1.84 bits per heavy atom. The zero-order valence-electron chi connectivity index (χ0n) is 15.8.